The topological polar surface area (TPSA) is 32.8 Å². The smallest absolute Gasteiger partial charge is 0.222 e. The van der Waals surface area contributed by atoms with E-state index in [1.54, 1.807) is 7.11 Å². The Balaban J connectivity index is 1.44. The number of piperazine rings is 1. The fraction of sp³-hybridized carbons (Fsp3) is 0.381. The van der Waals surface area contributed by atoms with Gasteiger partial charge in [-0.1, -0.05) is 41.4 Å². The molecule has 144 valence electrons. The number of amides is 1. The molecule has 0 spiro atoms. The summed E-state index contributed by atoms with van der Waals surface area (Å²) < 4.78 is 5.16. The zero-order valence-electron chi connectivity index (χ0n) is 15.5. The van der Waals surface area contributed by atoms with Crippen molar-refractivity contribution in [2.45, 2.75) is 19.4 Å². The van der Waals surface area contributed by atoms with E-state index < -0.39 is 0 Å². The molecule has 1 aliphatic heterocycles. The molecule has 2 aromatic rings. The summed E-state index contributed by atoms with van der Waals surface area (Å²) in [6.07, 6.45) is 1.19. The lowest BCUT2D eigenvalue weighted by Crippen LogP contribution is -2.48. The van der Waals surface area contributed by atoms with Gasteiger partial charge >= 0.3 is 0 Å². The van der Waals surface area contributed by atoms with E-state index in [-0.39, 0.29) is 5.91 Å². The van der Waals surface area contributed by atoms with Gasteiger partial charge in [0.2, 0.25) is 5.91 Å². The van der Waals surface area contributed by atoms with E-state index in [4.69, 9.17) is 27.9 Å². The monoisotopic (exact) mass is 406 g/mol. The maximum atomic E-state index is 12.5. The fourth-order valence-corrected chi connectivity index (χ4v) is 3.68. The number of halogens is 2. The molecule has 0 aliphatic carbocycles. The Kier molecular flexibility index (Phi) is 7.00. The Morgan fingerprint density at radius 3 is 2.30 bits per heavy atom. The molecule has 0 N–H and O–H groups in total. The molecule has 1 aliphatic rings. The highest BCUT2D eigenvalue weighted by Gasteiger charge is 2.21. The number of benzene rings is 2. The van der Waals surface area contributed by atoms with Gasteiger partial charge < -0.3 is 9.64 Å². The second-order valence-corrected chi connectivity index (χ2v) is 7.60. The standard InChI is InChI=1S/C21H24Cl2N2O2/c1-27-20-8-4-16(14-19(20)23)5-9-21(26)25-12-10-24(11-13-25)15-17-2-6-18(22)7-3-17/h2-4,6-8,14H,5,9-13,15H2,1H3. The van der Waals surface area contributed by atoms with Gasteiger partial charge in [-0.25, -0.2) is 0 Å². The Hall–Kier alpha value is -1.75. The van der Waals surface area contributed by atoms with E-state index in [0.29, 0.717) is 23.6 Å². The lowest BCUT2D eigenvalue weighted by atomic mass is 10.1. The Morgan fingerprint density at radius 2 is 1.67 bits per heavy atom. The Bertz CT molecular complexity index is 772. The van der Waals surface area contributed by atoms with Gasteiger partial charge in [0.25, 0.3) is 0 Å². The molecule has 0 bridgehead atoms. The van der Waals surface area contributed by atoms with Gasteiger partial charge in [0.05, 0.1) is 12.1 Å². The van der Waals surface area contributed by atoms with Crippen LogP contribution >= 0.6 is 23.2 Å². The van der Waals surface area contributed by atoms with Crippen molar-refractivity contribution in [2.24, 2.45) is 0 Å². The number of ether oxygens (including phenoxy) is 1. The lowest BCUT2D eigenvalue weighted by molar-refractivity contribution is -0.133. The Labute approximate surface area is 170 Å². The molecule has 0 radical (unpaired) electrons. The van der Waals surface area contributed by atoms with Crippen LogP contribution in [0.1, 0.15) is 17.5 Å². The number of hydrogen-bond donors (Lipinski definition) is 0. The quantitative estimate of drug-likeness (QED) is 0.717. The average molecular weight is 407 g/mol. The molecule has 4 nitrogen and oxygen atoms in total. The van der Waals surface area contributed by atoms with Crippen LogP contribution in [0.2, 0.25) is 10.0 Å². The molecule has 0 aromatic heterocycles. The molecule has 6 heteroatoms. The molecule has 1 heterocycles. The summed E-state index contributed by atoms with van der Waals surface area (Å²) in [5.41, 5.74) is 2.30. The lowest BCUT2D eigenvalue weighted by Gasteiger charge is -2.34. The van der Waals surface area contributed by atoms with E-state index in [1.165, 1.54) is 5.56 Å². The van der Waals surface area contributed by atoms with Gasteiger partial charge in [-0.2, -0.15) is 0 Å². The van der Waals surface area contributed by atoms with Gasteiger partial charge in [0, 0.05) is 44.2 Å². The third-order valence-corrected chi connectivity index (χ3v) is 5.44. The fourth-order valence-electron chi connectivity index (χ4n) is 3.28. The molecule has 1 saturated heterocycles. The summed E-state index contributed by atoms with van der Waals surface area (Å²) >= 11 is 12.1. The van der Waals surface area contributed by atoms with Gasteiger partial charge in [0.1, 0.15) is 5.75 Å². The summed E-state index contributed by atoms with van der Waals surface area (Å²) in [5, 5.41) is 1.34. The minimum absolute atomic E-state index is 0.202. The summed E-state index contributed by atoms with van der Waals surface area (Å²) in [6.45, 7) is 4.22. The maximum Gasteiger partial charge on any atom is 0.222 e. The molecule has 1 fully saturated rings. The summed E-state index contributed by atoms with van der Waals surface area (Å²) in [7, 11) is 1.59. The highest BCUT2D eigenvalue weighted by molar-refractivity contribution is 6.32. The van der Waals surface area contributed by atoms with Crippen molar-refractivity contribution >= 4 is 29.1 Å². The first-order valence-corrected chi connectivity index (χ1v) is 9.88. The summed E-state index contributed by atoms with van der Waals surface area (Å²) in [5.74, 6) is 0.858. The van der Waals surface area contributed by atoms with Crippen molar-refractivity contribution in [2.75, 3.05) is 33.3 Å². The first kappa shape index (κ1) is 20.0. The Morgan fingerprint density at radius 1 is 1.00 bits per heavy atom. The number of hydrogen-bond acceptors (Lipinski definition) is 3. The van der Waals surface area contributed by atoms with Crippen LogP contribution in [0.15, 0.2) is 42.5 Å². The molecule has 27 heavy (non-hydrogen) atoms. The van der Waals surface area contributed by atoms with Crippen LogP contribution in [0.4, 0.5) is 0 Å². The van der Waals surface area contributed by atoms with Crippen molar-refractivity contribution in [1.82, 2.24) is 9.80 Å². The van der Waals surface area contributed by atoms with Crippen molar-refractivity contribution in [3.8, 4) is 5.75 Å². The summed E-state index contributed by atoms with van der Waals surface area (Å²) in [4.78, 5) is 16.9. The predicted molar refractivity (Wildman–Crippen MR) is 110 cm³/mol. The minimum Gasteiger partial charge on any atom is -0.495 e. The zero-order chi connectivity index (χ0) is 19.2. The maximum absolute atomic E-state index is 12.5. The number of rotatable bonds is 6. The van der Waals surface area contributed by atoms with Gasteiger partial charge in [-0.15, -0.1) is 0 Å². The number of nitrogens with zero attached hydrogens (tertiary/aromatic N) is 2. The SMILES string of the molecule is COc1ccc(CCC(=O)N2CCN(Cc3ccc(Cl)cc3)CC2)cc1Cl. The first-order valence-electron chi connectivity index (χ1n) is 9.12. The van der Waals surface area contributed by atoms with Crippen LogP contribution in [0.5, 0.6) is 5.75 Å². The van der Waals surface area contributed by atoms with Crippen LogP contribution < -0.4 is 4.74 Å². The van der Waals surface area contributed by atoms with Crippen LogP contribution in [0.25, 0.3) is 0 Å². The predicted octanol–water partition coefficient (Wildman–Crippen LogP) is 4.28. The number of carbonyl (C=O) groups is 1. The molecule has 3 rings (SSSR count). The van der Waals surface area contributed by atoms with E-state index in [1.807, 2.05) is 35.2 Å². The molecular weight excluding hydrogens is 383 g/mol. The van der Waals surface area contributed by atoms with E-state index in [0.717, 1.165) is 43.3 Å². The highest BCUT2D eigenvalue weighted by atomic mass is 35.5. The second-order valence-electron chi connectivity index (χ2n) is 6.75. The minimum atomic E-state index is 0.202. The summed E-state index contributed by atoms with van der Waals surface area (Å²) in [6, 6.07) is 13.6. The van der Waals surface area contributed by atoms with Gasteiger partial charge in [-0.05, 0) is 41.8 Å². The molecule has 1 amide bonds. The van der Waals surface area contributed by atoms with Gasteiger partial charge in [0.15, 0.2) is 0 Å². The average Bonchev–Trinajstić information content (AvgIpc) is 2.68. The number of methoxy groups -OCH3 is 1. The van der Waals surface area contributed by atoms with Gasteiger partial charge in [-0.3, -0.25) is 9.69 Å². The van der Waals surface area contributed by atoms with Crippen molar-refractivity contribution in [3.63, 3.8) is 0 Å². The van der Waals surface area contributed by atoms with Crippen molar-refractivity contribution < 1.29 is 9.53 Å². The van der Waals surface area contributed by atoms with Crippen LogP contribution in [-0.2, 0) is 17.8 Å². The molecule has 0 atom stereocenters. The largest absolute Gasteiger partial charge is 0.495 e. The molecule has 2 aromatic carbocycles. The third kappa shape index (κ3) is 5.61. The first-order chi connectivity index (χ1) is 13.0. The van der Waals surface area contributed by atoms with Crippen LogP contribution in [-0.4, -0.2) is 49.0 Å². The normalized spacial score (nSPS) is 15.0. The van der Waals surface area contributed by atoms with E-state index in [2.05, 4.69) is 17.0 Å². The van der Waals surface area contributed by atoms with Crippen molar-refractivity contribution in [1.29, 1.82) is 0 Å². The van der Waals surface area contributed by atoms with E-state index >= 15 is 0 Å². The van der Waals surface area contributed by atoms with Crippen LogP contribution in [0, 0.1) is 0 Å². The molecule has 0 saturated carbocycles. The van der Waals surface area contributed by atoms with Crippen molar-refractivity contribution in [3.05, 3.63) is 63.6 Å². The number of carbonyl (C=O) groups excluding carboxylic acids is 1. The molecule has 0 unspecified atom stereocenters. The van der Waals surface area contributed by atoms with Crippen LogP contribution in [0.3, 0.4) is 0 Å². The zero-order valence-corrected chi connectivity index (χ0v) is 17.0. The van der Waals surface area contributed by atoms with E-state index in [9.17, 15) is 4.79 Å². The number of aryl methyl sites for hydroxylation is 1. The second kappa shape index (κ2) is 9.45. The highest BCUT2D eigenvalue weighted by Crippen LogP contribution is 2.25. The molecular formula is C21H24Cl2N2O2. The third-order valence-electron chi connectivity index (χ3n) is 4.89.